The molecule has 0 unspecified atom stereocenters. The van der Waals surface area contributed by atoms with Gasteiger partial charge in [0.2, 0.25) is 0 Å². The maximum absolute atomic E-state index is 5.58. The largest absolute Gasteiger partial charge is 0.381 e. The van der Waals surface area contributed by atoms with E-state index in [1.165, 1.54) is 5.56 Å². The molecule has 4 nitrogen and oxygen atoms in total. The lowest BCUT2D eigenvalue weighted by atomic mass is 9.74. The van der Waals surface area contributed by atoms with Crippen LogP contribution < -0.4 is 10.6 Å². The molecule has 0 atom stereocenters. The van der Waals surface area contributed by atoms with E-state index >= 15 is 0 Å². The van der Waals surface area contributed by atoms with Gasteiger partial charge in [0.1, 0.15) is 5.82 Å². The summed E-state index contributed by atoms with van der Waals surface area (Å²) in [7, 11) is 0. The van der Waals surface area contributed by atoms with Crippen LogP contribution in [-0.4, -0.2) is 29.9 Å². The van der Waals surface area contributed by atoms with Crippen molar-refractivity contribution in [1.29, 1.82) is 0 Å². The molecule has 0 spiro atoms. The maximum Gasteiger partial charge on any atom is 0.172 e. The third-order valence-corrected chi connectivity index (χ3v) is 5.48. The Kier molecular flexibility index (Phi) is 6.04. The summed E-state index contributed by atoms with van der Waals surface area (Å²) >= 11 is 9.00. The van der Waals surface area contributed by atoms with Crippen LogP contribution in [0, 0.1) is 6.92 Å². The van der Waals surface area contributed by atoms with Crippen LogP contribution in [-0.2, 0) is 10.2 Å². The van der Waals surface area contributed by atoms with Gasteiger partial charge in [-0.25, -0.2) is 4.98 Å². The van der Waals surface area contributed by atoms with Gasteiger partial charge in [-0.3, -0.25) is 0 Å². The van der Waals surface area contributed by atoms with Gasteiger partial charge < -0.3 is 15.4 Å². The van der Waals surface area contributed by atoms with Gasteiger partial charge in [0.15, 0.2) is 5.11 Å². The second-order valence-electron chi connectivity index (χ2n) is 6.41. The van der Waals surface area contributed by atoms with Gasteiger partial charge in [-0.2, -0.15) is 0 Å². The summed E-state index contributed by atoms with van der Waals surface area (Å²) in [5.74, 6) is 0.726. The number of nitrogens with zero attached hydrogens (tertiary/aromatic N) is 1. The molecule has 2 aromatic rings. The molecular formula is C19H22BrN3OS. The average Bonchev–Trinajstić information content (AvgIpc) is 2.64. The Hall–Kier alpha value is -1.50. The number of aryl methyl sites for hydroxylation is 1. The highest BCUT2D eigenvalue weighted by atomic mass is 79.9. The number of aromatic nitrogens is 1. The predicted octanol–water partition coefficient (Wildman–Crippen LogP) is 4.19. The fraction of sp³-hybridized carbons (Fsp3) is 0.368. The Morgan fingerprint density at radius 1 is 1.28 bits per heavy atom. The Bertz CT molecular complexity index is 733. The Balaban J connectivity index is 1.68. The third kappa shape index (κ3) is 4.57. The van der Waals surface area contributed by atoms with Gasteiger partial charge in [0.25, 0.3) is 0 Å². The Labute approximate surface area is 162 Å². The molecule has 0 bridgehead atoms. The lowest BCUT2D eigenvalue weighted by Gasteiger charge is -2.38. The number of pyridine rings is 1. The van der Waals surface area contributed by atoms with Gasteiger partial charge in [0, 0.05) is 31.4 Å². The van der Waals surface area contributed by atoms with Gasteiger partial charge >= 0.3 is 0 Å². The van der Waals surface area contributed by atoms with Crippen molar-refractivity contribution in [2.45, 2.75) is 25.2 Å². The molecule has 1 aromatic heterocycles. The van der Waals surface area contributed by atoms with E-state index in [4.69, 9.17) is 17.0 Å². The standard InChI is InChI=1S/C19H22BrN3OS/c1-14-11-16(20)17(21-12-14)23-18(25)22-13-19(7-9-24-10-8-19)15-5-3-2-4-6-15/h2-6,11-12H,7-10,13H2,1H3,(H2,21,22,23,25). The summed E-state index contributed by atoms with van der Waals surface area (Å²) in [5, 5.41) is 7.14. The highest BCUT2D eigenvalue weighted by Crippen LogP contribution is 2.34. The minimum atomic E-state index is 0.0448. The topological polar surface area (TPSA) is 46.2 Å². The van der Waals surface area contributed by atoms with Crippen molar-refractivity contribution >= 4 is 39.1 Å². The fourth-order valence-corrected chi connectivity index (χ4v) is 3.88. The van der Waals surface area contributed by atoms with Crippen LogP contribution in [0.1, 0.15) is 24.0 Å². The van der Waals surface area contributed by atoms with Gasteiger partial charge in [-0.1, -0.05) is 30.3 Å². The monoisotopic (exact) mass is 419 g/mol. The summed E-state index contributed by atoms with van der Waals surface area (Å²) in [6.45, 7) is 4.34. The van der Waals surface area contributed by atoms with Crippen LogP contribution in [0.5, 0.6) is 0 Å². The molecule has 1 aliphatic rings. The van der Waals surface area contributed by atoms with Crippen molar-refractivity contribution in [3.8, 4) is 0 Å². The minimum absolute atomic E-state index is 0.0448. The van der Waals surface area contributed by atoms with Gasteiger partial charge in [-0.05, 0) is 65.1 Å². The number of hydrogen-bond acceptors (Lipinski definition) is 3. The smallest absolute Gasteiger partial charge is 0.172 e. The number of halogens is 1. The molecule has 3 rings (SSSR count). The number of ether oxygens (including phenoxy) is 1. The SMILES string of the molecule is Cc1cnc(NC(=S)NCC2(c3ccccc3)CCOCC2)c(Br)c1. The molecule has 0 amide bonds. The van der Waals surface area contributed by atoms with Crippen molar-refractivity contribution in [1.82, 2.24) is 10.3 Å². The molecule has 1 aliphatic heterocycles. The number of hydrogen-bond donors (Lipinski definition) is 2. The highest BCUT2D eigenvalue weighted by Gasteiger charge is 2.34. The van der Waals surface area contributed by atoms with Crippen LogP contribution in [0.3, 0.4) is 0 Å². The molecule has 6 heteroatoms. The number of rotatable bonds is 4. The third-order valence-electron chi connectivity index (χ3n) is 4.63. The second-order valence-corrected chi connectivity index (χ2v) is 7.67. The first kappa shape index (κ1) is 18.3. The molecule has 0 aliphatic carbocycles. The van der Waals surface area contributed by atoms with Gasteiger partial charge in [0.05, 0.1) is 4.47 Å². The van der Waals surface area contributed by atoms with Crippen molar-refractivity contribution in [3.05, 3.63) is 58.2 Å². The van der Waals surface area contributed by atoms with Crippen molar-refractivity contribution in [2.75, 3.05) is 25.1 Å². The van der Waals surface area contributed by atoms with Crippen LogP contribution in [0.25, 0.3) is 0 Å². The quantitative estimate of drug-likeness (QED) is 0.727. The first-order valence-electron chi connectivity index (χ1n) is 8.39. The summed E-state index contributed by atoms with van der Waals surface area (Å²) < 4.78 is 6.49. The van der Waals surface area contributed by atoms with E-state index in [1.807, 2.05) is 19.2 Å². The molecular weight excluding hydrogens is 398 g/mol. The van der Waals surface area contributed by atoms with E-state index in [9.17, 15) is 0 Å². The zero-order valence-electron chi connectivity index (χ0n) is 14.2. The van der Waals surface area contributed by atoms with E-state index in [0.29, 0.717) is 5.11 Å². The fourth-order valence-electron chi connectivity index (χ4n) is 3.15. The average molecular weight is 420 g/mol. The zero-order valence-corrected chi connectivity index (χ0v) is 16.6. The summed E-state index contributed by atoms with van der Waals surface area (Å²) in [4.78, 5) is 4.38. The number of anilines is 1. The maximum atomic E-state index is 5.58. The molecule has 1 aromatic carbocycles. The molecule has 2 N–H and O–H groups in total. The van der Waals surface area contributed by atoms with Crippen molar-refractivity contribution in [2.24, 2.45) is 0 Å². The van der Waals surface area contributed by atoms with Crippen molar-refractivity contribution < 1.29 is 4.74 Å². The van der Waals surface area contributed by atoms with Crippen LogP contribution in [0.4, 0.5) is 5.82 Å². The van der Waals surface area contributed by atoms with Crippen LogP contribution >= 0.6 is 28.1 Å². The normalized spacial score (nSPS) is 16.2. The van der Waals surface area contributed by atoms with E-state index in [0.717, 1.165) is 48.5 Å². The highest BCUT2D eigenvalue weighted by molar-refractivity contribution is 9.10. The Morgan fingerprint density at radius 2 is 2.00 bits per heavy atom. The van der Waals surface area contributed by atoms with Crippen LogP contribution in [0.15, 0.2) is 47.1 Å². The number of nitrogens with one attached hydrogen (secondary N) is 2. The molecule has 2 heterocycles. The molecule has 0 radical (unpaired) electrons. The van der Waals surface area contributed by atoms with E-state index in [-0.39, 0.29) is 5.41 Å². The number of benzene rings is 1. The van der Waals surface area contributed by atoms with Crippen molar-refractivity contribution in [3.63, 3.8) is 0 Å². The summed E-state index contributed by atoms with van der Waals surface area (Å²) in [6, 6.07) is 12.6. The van der Waals surface area contributed by atoms with Crippen LogP contribution in [0.2, 0.25) is 0 Å². The van der Waals surface area contributed by atoms with E-state index < -0.39 is 0 Å². The molecule has 25 heavy (non-hydrogen) atoms. The lowest BCUT2D eigenvalue weighted by Crippen LogP contribution is -2.45. The summed E-state index contributed by atoms with van der Waals surface area (Å²) in [5.41, 5.74) is 2.48. The summed E-state index contributed by atoms with van der Waals surface area (Å²) in [6.07, 6.45) is 3.79. The number of thiocarbonyl (C=S) groups is 1. The van der Waals surface area contributed by atoms with Gasteiger partial charge in [-0.15, -0.1) is 0 Å². The first-order chi connectivity index (χ1) is 12.1. The van der Waals surface area contributed by atoms with E-state index in [1.54, 1.807) is 0 Å². The minimum Gasteiger partial charge on any atom is -0.381 e. The van der Waals surface area contributed by atoms with E-state index in [2.05, 4.69) is 61.9 Å². The predicted molar refractivity (Wildman–Crippen MR) is 109 cm³/mol. The Morgan fingerprint density at radius 3 is 2.68 bits per heavy atom. The first-order valence-corrected chi connectivity index (χ1v) is 9.59. The molecule has 0 saturated carbocycles. The molecule has 132 valence electrons. The zero-order chi connectivity index (χ0) is 17.7. The second kappa shape index (κ2) is 8.25. The molecule has 1 fully saturated rings. The lowest BCUT2D eigenvalue weighted by molar-refractivity contribution is 0.0515. The molecule has 1 saturated heterocycles.